The van der Waals surface area contributed by atoms with E-state index in [9.17, 15) is 0 Å². The van der Waals surface area contributed by atoms with Gasteiger partial charge in [-0.2, -0.15) is 0 Å². The number of rotatable bonds is 2. The van der Waals surface area contributed by atoms with E-state index in [2.05, 4.69) is 19.9 Å². The Morgan fingerprint density at radius 2 is 2.18 bits per heavy atom. The van der Waals surface area contributed by atoms with Crippen LogP contribution in [-0.4, -0.2) is 7.11 Å². The smallest absolute Gasteiger partial charge is 0.0961 e. The second kappa shape index (κ2) is 3.61. The molecule has 62 valence electrons. The lowest BCUT2D eigenvalue weighted by Crippen LogP contribution is -1.98. The molecule has 1 heteroatoms. The number of allylic oxidation sites excluding steroid dienone is 4. The SMILES string of the molecule is CCC1=C(C)C=C(OC)CC1. The Morgan fingerprint density at radius 1 is 1.45 bits per heavy atom. The molecule has 0 fully saturated rings. The molecular formula is C10H16O. The third-order valence-corrected chi connectivity index (χ3v) is 2.30. The number of methoxy groups -OCH3 is 1. The standard InChI is InChI=1S/C10H16O/c1-4-9-5-6-10(11-3)7-8(9)2/h7H,4-6H2,1-3H3. The maximum atomic E-state index is 5.18. The average Bonchev–Trinajstić information content (AvgIpc) is 2.04. The van der Waals surface area contributed by atoms with E-state index in [-0.39, 0.29) is 0 Å². The van der Waals surface area contributed by atoms with Gasteiger partial charge in [0.2, 0.25) is 0 Å². The first-order valence-corrected chi connectivity index (χ1v) is 4.21. The van der Waals surface area contributed by atoms with Crippen molar-refractivity contribution in [2.24, 2.45) is 0 Å². The number of ether oxygens (including phenoxy) is 1. The van der Waals surface area contributed by atoms with E-state index in [1.165, 1.54) is 18.4 Å². The average molecular weight is 152 g/mol. The van der Waals surface area contributed by atoms with E-state index in [1.807, 2.05) is 0 Å². The van der Waals surface area contributed by atoms with Crippen LogP contribution in [0.4, 0.5) is 0 Å². The highest BCUT2D eigenvalue weighted by Crippen LogP contribution is 2.25. The molecule has 0 heterocycles. The summed E-state index contributed by atoms with van der Waals surface area (Å²) in [6.45, 7) is 4.38. The number of hydrogen-bond donors (Lipinski definition) is 0. The minimum absolute atomic E-state index is 1.08. The Labute approximate surface area is 68.8 Å². The molecule has 0 aromatic rings. The fraction of sp³-hybridized carbons (Fsp3) is 0.600. The van der Waals surface area contributed by atoms with Gasteiger partial charge in [0.1, 0.15) is 0 Å². The molecule has 0 radical (unpaired) electrons. The topological polar surface area (TPSA) is 9.23 Å². The van der Waals surface area contributed by atoms with Crippen LogP contribution in [0, 0.1) is 0 Å². The van der Waals surface area contributed by atoms with Crippen LogP contribution < -0.4 is 0 Å². The Bertz CT molecular complexity index is 199. The highest BCUT2D eigenvalue weighted by molar-refractivity contribution is 5.29. The van der Waals surface area contributed by atoms with Crippen molar-refractivity contribution in [3.63, 3.8) is 0 Å². The summed E-state index contributed by atoms with van der Waals surface area (Å²) in [5.41, 5.74) is 2.97. The molecule has 1 rings (SSSR count). The zero-order chi connectivity index (χ0) is 8.27. The summed E-state index contributed by atoms with van der Waals surface area (Å²) in [6, 6.07) is 0. The highest BCUT2D eigenvalue weighted by Gasteiger charge is 2.08. The Morgan fingerprint density at radius 3 is 2.64 bits per heavy atom. The molecule has 11 heavy (non-hydrogen) atoms. The molecule has 0 aromatic carbocycles. The lowest BCUT2D eigenvalue weighted by atomic mass is 9.96. The molecule has 0 bridgehead atoms. The third kappa shape index (κ3) is 1.86. The minimum atomic E-state index is 1.08. The molecule has 0 N–H and O–H groups in total. The zero-order valence-electron chi connectivity index (χ0n) is 7.61. The van der Waals surface area contributed by atoms with Gasteiger partial charge in [-0.25, -0.2) is 0 Å². The predicted octanol–water partition coefficient (Wildman–Crippen LogP) is 3.04. The molecule has 0 aromatic heterocycles. The molecular weight excluding hydrogens is 136 g/mol. The van der Waals surface area contributed by atoms with Crippen LogP contribution in [0.1, 0.15) is 33.1 Å². The summed E-state index contributed by atoms with van der Waals surface area (Å²) in [5.74, 6) is 1.12. The van der Waals surface area contributed by atoms with Gasteiger partial charge in [-0.1, -0.05) is 12.5 Å². The first-order chi connectivity index (χ1) is 5.27. The molecule has 0 atom stereocenters. The molecule has 0 spiro atoms. The molecule has 0 amide bonds. The normalized spacial score (nSPS) is 18.3. The van der Waals surface area contributed by atoms with Gasteiger partial charge in [0.15, 0.2) is 0 Å². The van der Waals surface area contributed by atoms with Gasteiger partial charge in [-0.15, -0.1) is 0 Å². The summed E-state index contributed by atoms with van der Waals surface area (Å²) < 4.78 is 5.18. The van der Waals surface area contributed by atoms with E-state index >= 15 is 0 Å². The quantitative estimate of drug-likeness (QED) is 0.591. The van der Waals surface area contributed by atoms with Gasteiger partial charge in [-0.3, -0.25) is 0 Å². The van der Waals surface area contributed by atoms with Gasteiger partial charge in [-0.05, 0) is 31.4 Å². The van der Waals surface area contributed by atoms with E-state index in [4.69, 9.17) is 4.74 Å². The summed E-state index contributed by atoms with van der Waals surface area (Å²) in [4.78, 5) is 0. The van der Waals surface area contributed by atoms with E-state index < -0.39 is 0 Å². The van der Waals surface area contributed by atoms with Crippen molar-refractivity contribution in [1.82, 2.24) is 0 Å². The lowest BCUT2D eigenvalue weighted by molar-refractivity contribution is 0.274. The molecule has 1 aliphatic rings. The third-order valence-electron chi connectivity index (χ3n) is 2.30. The molecule has 0 saturated carbocycles. The van der Waals surface area contributed by atoms with Crippen LogP contribution in [0.25, 0.3) is 0 Å². The van der Waals surface area contributed by atoms with Gasteiger partial charge in [0, 0.05) is 6.42 Å². The van der Waals surface area contributed by atoms with Crippen LogP contribution in [0.2, 0.25) is 0 Å². The Balaban J connectivity index is 2.76. The minimum Gasteiger partial charge on any atom is -0.501 e. The highest BCUT2D eigenvalue weighted by atomic mass is 16.5. The van der Waals surface area contributed by atoms with Crippen LogP contribution in [0.3, 0.4) is 0 Å². The zero-order valence-corrected chi connectivity index (χ0v) is 7.61. The van der Waals surface area contributed by atoms with Crippen LogP contribution in [-0.2, 0) is 4.74 Å². The van der Waals surface area contributed by atoms with Crippen LogP contribution >= 0.6 is 0 Å². The van der Waals surface area contributed by atoms with Crippen molar-refractivity contribution < 1.29 is 4.74 Å². The summed E-state index contributed by atoms with van der Waals surface area (Å²) >= 11 is 0. The second-order valence-electron chi connectivity index (χ2n) is 2.95. The second-order valence-corrected chi connectivity index (χ2v) is 2.95. The molecule has 1 nitrogen and oxygen atoms in total. The van der Waals surface area contributed by atoms with Crippen molar-refractivity contribution in [3.05, 3.63) is 23.0 Å². The van der Waals surface area contributed by atoms with Gasteiger partial charge < -0.3 is 4.74 Å². The Kier molecular flexibility index (Phi) is 2.75. The van der Waals surface area contributed by atoms with Crippen LogP contribution in [0.15, 0.2) is 23.0 Å². The molecule has 0 saturated heterocycles. The first-order valence-electron chi connectivity index (χ1n) is 4.21. The maximum Gasteiger partial charge on any atom is 0.0961 e. The van der Waals surface area contributed by atoms with Gasteiger partial charge in [0.05, 0.1) is 12.9 Å². The molecule has 0 aliphatic heterocycles. The van der Waals surface area contributed by atoms with Crippen molar-refractivity contribution in [2.75, 3.05) is 7.11 Å². The van der Waals surface area contributed by atoms with E-state index in [1.54, 1.807) is 12.7 Å². The first kappa shape index (κ1) is 8.38. The maximum absolute atomic E-state index is 5.18. The molecule has 0 unspecified atom stereocenters. The lowest BCUT2D eigenvalue weighted by Gasteiger charge is -2.15. The number of hydrogen-bond acceptors (Lipinski definition) is 1. The van der Waals surface area contributed by atoms with Crippen molar-refractivity contribution >= 4 is 0 Å². The van der Waals surface area contributed by atoms with Crippen molar-refractivity contribution in [1.29, 1.82) is 0 Å². The van der Waals surface area contributed by atoms with Crippen molar-refractivity contribution in [3.8, 4) is 0 Å². The van der Waals surface area contributed by atoms with E-state index in [0.29, 0.717) is 0 Å². The van der Waals surface area contributed by atoms with Gasteiger partial charge in [0.25, 0.3) is 0 Å². The predicted molar refractivity (Wildman–Crippen MR) is 47.3 cm³/mol. The summed E-state index contributed by atoms with van der Waals surface area (Å²) in [6.07, 6.45) is 5.60. The largest absolute Gasteiger partial charge is 0.501 e. The molecule has 1 aliphatic carbocycles. The van der Waals surface area contributed by atoms with Gasteiger partial charge >= 0.3 is 0 Å². The summed E-state index contributed by atoms with van der Waals surface area (Å²) in [5, 5.41) is 0. The van der Waals surface area contributed by atoms with Crippen molar-refractivity contribution in [2.45, 2.75) is 33.1 Å². The monoisotopic (exact) mass is 152 g/mol. The Hall–Kier alpha value is -0.720. The fourth-order valence-electron chi connectivity index (χ4n) is 1.50. The van der Waals surface area contributed by atoms with E-state index in [0.717, 1.165) is 12.2 Å². The van der Waals surface area contributed by atoms with Crippen LogP contribution in [0.5, 0.6) is 0 Å². The fourth-order valence-corrected chi connectivity index (χ4v) is 1.50. The summed E-state index contributed by atoms with van der Waals surface area (Å²) in [7, 11) is 1.75.